The average molecular weight is 241 g/mol. The second kappa shape index (κ2) is 5.10. The van der Waals surface area contributed by atoms with Gasteiger partial charge in [-0.15, -0.1) is 0 Å². The van der Waals surface area contributed by atoms with Crippen molar-refractivity contribution < 1.29 is 13.5 Å². The average Bonchev–Trinajstić information content (AvgIpc) is 2.77. The Kier molecular flexibility index (Phi) is 3.74. The predicted octanol–water partition coefficient (Wildman–Crippen LogP) is 2.70. The molecule has 1 aliphatic heterocycles. The summed E-state index contributed by atoms with van der Waals surface area (Å²) in [5.74, 6) is -0.764. The largest absolute Gasteiger partial charge is 0.381 e. The molecule has 2 unspecified atom stereocenters. The van der Waals surface area contributed by atoms with Crippen LogP contribution >= 0.6 is 0 Å². The summed E-state index contributed by atoms with van der Waals surface area (Å²) < 4.78 is 32.7. The summed E-state index contributed by atoms with van der Waals surface area (Å²) in [4.78, 5) is 0. The van der Waals surface area contributed by atoms with Crippen LogP contribution in [0.15, 0.2) is 12.1 Å². The van der Waals surface area contributed by atoms with Gasteiger partial charge in [-0.2, -0.15) is 0 Å². The minimum atomic E-state index is -0.596. The first-order valence-electron chi connectivity index (χ1n) is 5.87. The molecule has 1 aliphatic rings. The third-order valence-corrected chi connectivity index (χ3v) is 3.30. The Balaban J connectivity index is 2.17. The standard InChI is InChI=1S/C13H17F2NO/c1-8-2-3-10(14)12(13(8)15)11(16)6-9-4-5-17-7-9/h2-3,9,11H,4-7,16H2,1H3. The van der Waals surface area contributed by atoms with Crippen LogP contribution < -0.4 is 5.73 Å². The van der Waals surface area contributed by atoms with E-state index in [1.165, 1.54) is 12.1 Å². The number of hydrogen-bond donors (Lipinski definition) is 1. The molecule has 0 aliphatic carbocycles. The van der Waals surface area contributed by atoms with Gasteiger partial charge >= 0.3 is 0 Å². The van der Waals surface area contributed by atoms with E-state index in [0.717, 1.165) is 13.0 Å². The molecule has 0 radical (unpaired) electrons. The van der Waals surface area contributed by atoms with Crippen LogP contribution in [0, 0.1) is 24.5 Å². The number of hydrogen-bond acceptors (Lipinski definition) is 2. The van der Waals surface area contributed by atoms with Gasteiger partial charge in [-0.25, -0.2) is 8.78 Å². The number of halogens is 2. The highest BCUT2D eigenvalue weighted by Gasteiger charge is 2.24. The van der Waals surface area contributed by atoms with Crippen LogP contribution in [0.2, 0.25) is 0 Å². The summed E-state index contributed by atoms with van der Waals surface area (Å²) in [5, 5.41) is 0. The lowest BCUT2D eigenvalue weighted by molar-refractivity contribution is 0.182. The molecule has 2 nitrogen and oxygen atoms in total. The van der Waals surface area contributed by atoms with E-state index in [1.54, 1.807) is 6.92 Å². The Labute approximate surface area is 99.8 Å². The smallest absolute Gasteiger partial charge is 0.133 e. The highest BCUT2D eigenvalue weighted by Crippen LogP contribution is 2.29. The van der Waals surface area contributed by atoms with E-state index in [1.807, 2.05) is 0 Å². The van der Waals surface area contributed by atoms with Crippen molar-refractivity contribution >= 4 is 0 Å². The summed E-state index contributed by atoms with van der Waals surface area (Å²) in [7, 11) is 0. The van der Waals surface area contributed by atoms with Crippen molar-refractivity contribution in [2.45, 2.75) is 25.8 Å². The quantitative estimate of drug-likeness (QED) is 0.883. The van der Waals surface area contributed by atoms with E-state index < -0.39 is 17.7 Å². The van der Waals surface area contributed by atoms with E-state index in [2.05, 4.69) is 0 Å². The SMILES string of the molecule is Cc1ccc(F)c(C(N)CC2CCOC2)c1F. The highest BCUT2D eigenvalue weighted by atomic mass is 19.1. The van der Waals surface area contributed by atoms with Gasteiger partial charge in [0, 0.05) is 24.8 Å². The van der Waals surface area contributed by atoms with Gasteiger partial charge in [0.15, 0.2) is 0 Å². The second-order valence-corrected chi connectivity index (χ2v) is 4.66. The molecule has 94 valence electrons. The van der Waals surface area contributed by atoms with Crippen molar-refractivity contribution in [2.75, 3.05) is 13.2 Å². The summed E-state index contributed by atoms with van der Waals surface area (Å²) in [6, 6.07) is 2.11. The van der Waals surface area contributed by atoms with Gasteiger partial charge in [-0.1, -0.05) is 6.07 Å². The zero-order valence-corrected chi connectivity index (χ0v) is 9.88. The van der Waals surface area contributed by atoms with E-state index in [-0.39, 0.29) is 5.56 Å². The van der Waals surface area contributed by atoms with Crippen molar-refractivity contribution in [3.8, 4) is 0 Å². The van der Waals surface area contributed by atoms with Crippen LogP contribution in [0.4, 0.5) is 8.78 Å². The third kappa shape index (κ3) is 2.64. The van der Waals surface area contributed by atoms with E-state index in [0.29, 0.717) is 24.5 Å². The number of benzene rings is 1. The first kappa shape index (κ1) is 12.5. The molecule has 2 N–H and O–H groups in total. The van der Waals surface area contributed by atoms with Crippen LogP contribution in [0.3, 0.4) is 0 Å². The fourth-order valence-corrected chi connectivity index (χ4v) is 2.26. The zero-order valence-electron chi connectivity index (χ0n) is 9.88. The van der Waals surface area contributed by atoms with Crippen LogP contribution in [0.25, 0.3) is 0 Å². The first-order chi connectivity index (χ1) is 8.09. The molecule has 2 rings (SSSR count). The van der Waals surface area contributed by atoms with Crippen molar-refractivity contribution in [1.29, 1.82) is 0 Å². The van der Waals surface area contributed by atoms with Gasteiger partial charge in [0.25, 0.3) is 0 Å². The topological polar surface area (TPSA) is 35.2 Å². The van der Waals surface area contributed by atoms with E-state index in [9.17, 15) is 8.78 Å². The number of aryl methyl sites for hydroxylation is 1. The predicted molar refractivity (Wildman–Crippen MR) is 61.6 cm³/mol. The molecule has 0 saturated carbocycles. The van der Waals surface area contributed by atoms with Crippen molar-refractivity contribution in [3.63, 3.8) is 0 Å². The second-order valence-electron chi connectivity index (χ2n) is 4.66. The third-order valence-electron chi connectivity index (χ3n) is 3.30. The van der Waals surface area contributed by atoms with Crippen molar-refractivity contribution in [3.05, 3.63) is 34.9 Å². The van der Waals surface area contributed by atoms with Gasteiger partial charge in [0.2, 0.25) is 0 Å². The van der Waals surface area contributed by atoms with Gasteiger partial charge in [-0.05, 0) is 37.3 Å². The Morgan fingerprint density at radius 2 is 2.24 bits per heavy atom. The maximum atomic E-state index is 13.8. The van der Waals surface area contributed by atoms with Crippen LogP contribution in [0.1, 0.15) is 30.0 Å². The lowest BCUT2D eigenvalue weighted by Gasteiger charge is -2.18. The number of ether oxygens (including phenoxy) is 1. The number of rotatable bonds is 3. The molecule has 0 aromatic heterocycles. The van der Waals surface area contributed by atoms with Crippen molar-refractivity contribution in [1.82, 2.24) is 0 Å². The summed E-state index contributed by atoms with van der Waals surface area (Å²) >= 11 is 0. The van der Waals surface area contributed by atoms with Gasteiger partial charge < -0.3 is 10.5 Å². The highest BCUT2D eigenvalue weighted by molar-refractivity contribution is 5.29. The van der Waals surface area contributed by atoms with E-state index in [4.69, 9.17) is 10.5 Å². The molecule has 0 bridgehead atoms. The van der Waals surface area contributed by atoms with Crippen molar-refractivity contribution in [2.24, 2.45) is 11.7 Å². The zero-order chi connectivity index (χ0) is 12.4. The lowest BCUT2D eigenvalue weighted by Crippen LogP contribution is -2.19. The maximum absolute atomic E-state index is 13.8. The molecule has 1 saturated heterocycles. The van der Waals surface area contributed by atoms with Gasteiger partial charge in [-0.3, -0.25) is 0 Å². The Morgan fingerprint density at radius 1 is 1.47 bits per heavy atom. The first-order valence-corrected chi connectivity index (χ1v) is 5.87. The normalized spacial score (nSPS) is 21.8. The molecule has 1 aromatic carbocycles. The summed E-state index contributed by atoms with van der Waals surface area (Å²) in [6.45, 7) is 2.97. The Morgan fingerprint density at radius 3 is 2.88 bits per heavy atom. The van der Waals surface area contributed by atoms with Crippen LogP contribution in [-0.4, -0.2) is 13.2 Å². The summed E-state index contributed by atoms with van der Waals surface area (Å²) in [6.07, 6.45) is 1.49. The fraction of sp³-hybridized carbons (Fsp3) is 0.538. The fourth-order valence-electron chi connectivity index (χ4n) is 2.26. The molecule has 0 amide bonds. The van der Waals surface area contributed by atoms with E-state index >= 15 is 0 Å². The minimum Gasteiger partial charge on any atom is -0.381 e. The molecular formula is C13H17F2NO. The molecule has 17 heavy (non-hydrogen) atoms. The molecule has 0 spiro atoms. The Hall–Kier alpha value is -1.00. The molecule has 1 heterocycles. The lowest BCUT2D eigenvalue weighted by atomic mass is 9.93. The molecule has 1 aromatic rings. The monoisotopic (exact) mass is 241 g/mol. The molecular weight excluding hydrogens is 224 g/mol. The Bertz CT molecular complexity index is 403. The maximum Gasteiger partial charge on any atom is 0.133 e. The minimum absolute atomic E-state index is 0.0110. The van der Waals surface area contributed by atoms with Crippen LogP contribution in [0.5, 0.6) is 0 Å². The molecule has 2 atom stereocenters. The van der Waals surface area contributed by atoms with Crippen LogP contribution in [-0.2, 0) is 4.74 Å². The summed E-state index contributed by atoms with van der Waals surface area (Å²) in [5.41, 5.74) is 6.35. The van der Waals surface area contributed by atoms with Gasteiger partial charge in [0.1, 0.15) is 11.6 Å². The number of nitrogens with two attached hydrogens (primary N) is 1. The molecule has 1 fully saturated rings. The molecule has 4 heteroatoms. The van der Waals surface area contributed by atoms with Gasteiger partial charge in [0.05, 0.1) is 0 Å².